The molecule has 0 aliphatic carbocycles. The number of amides is 4. The van der Waals surface area contributed by atoms with Crippen molar-refractivity contribution < 1.29 is 23.9 Å². The Balaban J connectivity index is 1.69. The van der Waals surface area contributed by atoms with Crippen LogP contribution in [0.1, 0.15) is 24.5 Å². The number of barbiturate groups is 1. The fraction of sp³-hybridized carbons (Fsp3) is 0.156. The quantitative estimate of drug-likeness (QED) is 0.165. The molecule has 7 nitrogen and oxygen atoms in total. The number of halogens is 1. The minimum atomic E-state index is -0.740. The number of hydrogen-bond acceptors (Lipinski definition) is 5. The highest BCUT2D eigenvalue weighted by atomic mass is 79.9. The van der Waals surface area contributed by atoms with E-state index in [0.717, 1.165) is 27.2 Å². The first-order chi connectivity index (χ1) is 19.3. The fourth-order valence-corrected chi connectivity index (χ4v) is 5.25. The molecular weight excluding hydrogens is 572 g/mol. The molecule has 1 heterocycles. The molecule has 0 spiro atoms. The van der Waals surface area contributed by atoms with Crippen LogP contribution in [0.2, 0.25) is 0 Å². The van der Waals surface area contributed by atoms with Gasteiger partial charge in [0, 0.05) is 5.39 Å². The Morgan fingerprint density at radius 3 is 2.35 bits per heavy atom. The van der Waals surface area contributed by atoms with Gasteiger partial charge in [-0.3, -0.25) is 9.59 Å². The Hall–Kier alpha value is -4.43. The van der Waals surface area contributed by atoms with Crippen molar-refractivity contribution in [3.05, 3.63) is 100 Å². The van der Waals surface area contributed by atoms with Crippen molar-refractivity contribution in [2.45, 2.75) is 20.3 Å². The lowest BCUT2D eigenvalue weighted by atomic mass is 10.0. The van der Waals surface area contributed by atoms with Crippen LogP contribution in [0.25, 0.3) is 16.8 Å². The molecule has 0 saturated carbocycles. The molecule has 4 amide bonds. The molecule has 1 fully saturated rings. The average Bonchev–Trinajstić information content (AvgIpc) is 2.94. The van der Waals surface area contributed by atoms with E-state index in [1.54, 1.807) is 42.5 Å². The van der Waals surface area contributed by atoms with Gasteiger partial charge in [0.25, 0.3) is 11.8 Å². The average molecular weight is 599 g/mol. The second-order valence-electron chi connectivity index (χ2n) is 9.34. The van der Waals surface area contributed by atoms with Gasteiger partial charge in [0.15, 0.2) is 11.5 Å². The number of nitrogens with zero attached hydrogens (tertiary/aromatic N) is 2. The van der Waals surface area contributed by atoms with E-state index in [1.165, 1.54) is 13.2 Å². The molecule has 0 radical (unpaired) electrons. The van der Waals surface area contributed by atoms with Crippen LogP contribution in [-0.4, -0.2) is 31.6 Å². The number of methoxy groups -OCH3 is 1. The fourth-order valence-electron chi connectivity index (χ4n) is 4.67. The highest BCUT2D eigenvalue weighted by molar-refractivity contribution is 9.10. The summed E-state index contributed by atoms with van der Waals surface area (Å²) in [5.74, 6) is -0.445. The number of anilines is 2. The predicted molar refractivity (Wildman–Crippen MR) is 160 cm³/mol. The van der Waals surface area contributed by atoms with E-state index < -0.39 is 17.8 Å². The number of carbonyl (C=O) groups excluding carboxylic acids is 3. The van der Waals surface area contributed by atoms with Crippen molar-refractivity contribution in [3.8, 4) is 11.5 Å². The van der Waals surface area contributed by atoms with Crippen molar-refractivity contribution >= 4 is 62.0 Å². The summed E-state index contributed by atoms with van der Waals surface area (Å²) in [5.41, 5.74) is 2.01. The first-order valence-electron chi connectivity index (χ1n) is 12.8. The van der Waals surface area contributed by atoms with Gasteiger partial charge >= 0.3 is 6.03 Å². The summed E-state index contributed by atoms with van der Waals surface area (Å²) in [7, 11) is 1.52. The van der Waals surface area contributed by atoms with Gasteiger partial charge in [-0.2, -0.15) is 0 Å². The van der Waals surface area contributed by atoms with Crippen LogP contribution in [0.15, 0.2) is 88.9 Å². The third kappa shape index (κ3) is 4.98. The number of imide groups is 2. The zero-order chi connectivity index (χ0) is 28.4. The van der Waals surface area contributed by atoms with E-state index in [2.05, 4.69) is 15.9 Å². The maximum Gasteiger partial charge on any atom is 0.343 e. The molecule has 0 atom stereocenters. The van der Waals surface area contributed by atoms with E-state index in [4.69, 9.17) is 9.47 Å². The number of fused-ring (bicyclic) bond motifs is 1. The summed E-state index contributed by atoms with van der Waals surface area (Å²) in [6.07, 6.45) is 2.30. The maximum atomic E-state index is 14.0. The molecule has 4 aromatic rings. The van der Waals surface area contributed by atoms with E-state index in [1.807, 2.05) is 50.2 Å². The lowest BCUT2D eigenvalue weighted by molar-refractivity contribution is -0.121. The summed E-state index contributed by atoms with van der Waals surface area (Å²) >= 11 is 3.53. The molecule has 4 aromatic carbocycles. The lowest BCUT2D eigenvalue weighted by Gasteiger charge is -2.34. The number of rotatable bonds is 7. The highest BCUT2D eigenvalue weighted by Crippen LogP contribution is 2.39. The van der Waals surface area contributed by atoms with Gasteiger partial charge in [-0.05, 0) is 82.2 Å². The largest absolute Gasteiger partial charge is 0.493 e. The topological polar surface area (TPSA) is 76.2 Å². The Kier molecular flexibility index (Phi) is 7.71. The summed E-state index contributed by atoms with van der Waals surface area (Å²) in [5, 5.41) is 1.58. The number of carbonyl (C=O) groups is 3. The second kappa shape index (κ2) is 11.4. The van der Waals surface area contributed by atoms with E-state index in [-0.39, 0.29) is 5.57 Å². The number of aryl methyl sites for hydroxylation is 1. The van der Waals surface area contributed by atoms with Crippen molar-refractivity contribution in [2.24, 2.45) is 0 Å². The minimum Gasteiger partial charge on any atom is -0.493 e. The number of ether oxygens (including phenoxy) is 2. The Morgan fingerprint density at radius 1 is 0.875 bits per heavy atom. The van der Waals surface area contributed by atoms with Crippen LogP contribution in [0, 0.1) is 6.92 Å². The minimum absolute atomic E-state index is 0.162. The molecule has 202 valence electrons. The van der Waals surface area contributed by atoms with Crippen molar-refractivity contribution in [2.75, 3.05) is 23.5 Å². The molecule has 8 heteroatoms. The first-order valence-corrected chi connectivity index (χ1v) is 13.6. The van der Waals surface area contributed by atoms with Gasteiger partial charge in [0.1, 0.15) is 5.57 Å². The van der Waals surface area contributed by atoms with Crippen LogP contribution >= 0.6 is 15.9 Å². The Morgan fingerprint density at radius 2 is 1.60 bits per heavy atom. The molecule has 1 aliphatic heterocycles. The maximum absolute atomic E-state index is 14.0. The van der Waals surface area contributed by atoms with Gasteiger partial charge < -0.3 is 9.47 Å². The van der Waals surface area contributed by atoms with Crippen LogP contribution in [0.5, 0.6) is 11.5 Å². The highest BCUT2D eigenvalue weighted by Gasteiger charge is 2.44. The monoisotopic (exact) mass is 598 g/mol. The third-order valence-electron chi connectivity index (χ3n) is 6.53. The lowest BCUT2D eigenvalue weighted by Crippen LogP contribution is -2.57. The summed E-state index contributed by atoms with van der Waals surface area (Å²) < 4.78 is 12.0. The molecule has 0 unspecified atom stereocenters. The van der Waals surface area contributed by atoms with Crippen LogP contribution in [0.3, 0.4) is 0 Å². The SMILES string of the molecule is CCCOc1c(Br)cc(/C=C2\C(=O)N(c3cccc(C)c3)C(=O)N(c3cccc4ccccc34)C2=O)cc1OC. The van der Waals surface area contributed by atoms with Crippen molar-refractivity contribution in [1.82, 2.24) is 0 Å². The van der Waals surface area contributed by atoms with Crippen LogP contribution in [-0.2, 0) is 9.59 Å². The summed E-state index contributed by atoms with van der Waals surface area (Å²) in [6, 6.07) is 22.6. The molecule has 1 saturated heterocycles. The second-order valence-corrected chi connectivity index (χ2v) is 10.2. The first kappa shape index (κ1) is 27.1. The van der Waals surface area contributed by atoms with Crippen molar-refractivity contribution in [1.29, 1.82) is 0 Å². The van der Waals surface area contributed by atoms with Gasteiger partial charge in [0.2, 0.25) is 0 Å². The Bertz CT molecular complexity index is 1670. The molecule has 5 rings (SSSR count). The summed E-state index contributed by atoms with van der Waals surface area (Å²) in [4.78, 5) is 43.9. The number of benzene rings is 4. The van der Waals surface area contributed by atoms with Gasteiger partial charge in [0.05, 0.1) is 29.6 Å². The van der Waals surface area contributed by atoms with Gasteiger partial charge in [-0.1, -0.05) is 55.5 Å². The normalized spacial score (nSPS) is 14.8. The summed E-state index contributed by atoms with van der Waals surface area (Å²) in [6.45, 7) is 4.38. The predicted octanol–water partition coefficient (Wildman–Crippen LogP) is 7.29. The van der Waals surface area contributed by atoms with Crippen molar-refractivity contribution in [3.63, 3.8) is 0 Å². The van der Waals surface area contributed by atoms with E-state index in [0.29, 0.717) is 44.9 Å². The molecular formula is C32H27BrN2O5. The molecule has 40 heavy (non-hydrogen) atoms. The van der Waals surface area contributed by atoms with E-state index in [9.17, 15) is 14.4 Å². The van der Waals surface area contributed by atoms with Crippen LogP contribution in [0.4, 0.5) is 16.2 Å². The molecule has 1 aliphatic rings. The smallest absolute Gasteiger partial charge is 0.343 e. The zero-order valence-corrected chi connectivity index (χ0v) is 23.9. The number of hydrogen-bond donors (Lipinski definition) is 0. The third-order valence-corrected chi connectivity index (χ3v) is 7.12. The van der Waals surface area contributed by atoms with Crippen LogP contribution < -0.4 is 19.3 Å². The number of urea groups is 1. The molecule has 0 N–H and O–H groups in total. The molecule has 0 aromatic heterocycles. The molecule has 0 bridgehead atoms. The van der Waals surface area contributed by atoms with Gasteiger partial charge in [-0.25, -0.2) is 14.6 Å². The zero-order valence-electron chi connectivity index (χ0n) is 22.3. The van der Waals surface area contributed by atoms with E-state index >= 15 is 0 Å². The Labute approximate surface area is 240 Å². The standard InChI is InChI=1S/C32H27BrN2O5/c1-4-15-40-29-26(33)18-21(19-28(29)39-3)17-25-30(36)34(23-12-7-9-20(2)16-23)32(38)35(31(25)37)27-14-8-11-22-10-5-6-13-24(22)27/h5-14,16-19H,4,15H2,1-3H3/b25-17+. The van der Waals surface area contributed by atoms with Gasteiger partial charge in [-0.15, -0.1) is 0 Å².